The lowest BCUT2D eigenvalue weighted by Gasteiger charge is -2.31. The Kier molecular flexibility index (Phi) is 14.5. The lowest BCUT2D eigenvalue weighted by molar-refractivity contribution is -0.147. The zero-order valence-corrected chi connectivity index (χ0v) is 26.4. The maximum Gasteiger partial charge on any atom is 0.312 e. The molecule has 1 amide bonds. The Morgan fingerprint density at radius 2 is 1.68 bits per heavy atom. The molecule has 44 heavy (non-hydrogen) atoms. The Hall–Kier alpha value is -3.10. The minimum absolute atomic E-state index is 0.0453. The maximum atomic E-state index is 14.6. The zero-order chi connectivity index (χ0) is 32.0. The van der Waals surface area contributed by atoms with E-state index in [1.54, 1.807) is 0 Å². The summed E-state index contributed by atoms with van der Waals surface area (Å²) in [6.45, 7) is 3.73. The monoisotopic (exact) mass is 615 g/mol. The van der Waals surface area contributed by atoms with E-state index in [0.717, 1.165) is 44.9 Å². The van der Waals surface area contributed by atoms with Crippen LogP contribution in [-0.4, -0.2) is 53.8 Å². The number of carboxylic acid groups (broad SMARTS) is 1. The molecule has 0 saturated carbocycles. The number of carboxylic acids is 1. The number of nitrogens with one attached hydrogen (secondary N) is 1. The summed E-state index contributed by atoms with van der Waals surface area (Å²) in [4.78, 5) is 36.9. The number of rotatable bonds is 21. The number of aliphatic carboxylic acids is 1. The molecule has 1 fully saturated rings. The fourth-order valence-corrected chi connectivity index (χ4v) is 6.23. The molecule has 1 aliphatic rings. The van der Waals surface area contributed by atoms with Gasteiger partial charge < -0.3 is 20.3 Å². The molecule has 0 radical (unpaired) electrons. The van der Waals surface area contributed by atoms with E-state index in [9.17, 15) is 24.2 Å². The summed E-state index contributed by atoms with van der Waals surface area (Å²) in [7, 11) is 0. The van der Waals surface area contributed by atoms with E-state index in [0.29, 0.717) is 12.8 Å². The first-order chi connectivity index (χ1) is 21.3. The second-order valence-corrected chi connectivity index (χ2v) is 12.0. The minimum atomic E-state index is -1.54. The van der Waals surface area contributed by atoms with Crippen LogP contribution in [0, 0.1) is 30.3 Å². The maximum absolute atomic E-state index is 14.6. The molecule has 0 bridgehead atoms. The van der Waals surface area contributed by atoms with Crippen molar-refractivity contribution in [3.05, 3.63) is 12.4 Å². The number of terminal acetylenes is 1. The lowest BCUT2D eigenvalue weighted by atomic mass is 9.76. The number of aliphatic hydroxyl groups is 1. The van der Waals surface area contributed by atoms with Gasteiger partial charge in [0.05, 0.1) is 18.9 Å². The van der Waals surface area contributed by atoms with Crippen LogP contribution >= 0.6 is 0 Å². The standard InChI is InChI=1S/C33H50FN5O5/c1-4-7-9-11-12-13-14-15-16-17-19-24(31(42)43)25-21-27(44-33(25,6-3)22-40)39-23-35-28-29(37-32(34)38-30(28)39)36-26(41)20-18-10-8-5-2/h3,23-25,27,40H,4-5,7-22H2,1-2H3,(H,42,43)(H,36,37,38,41)/t24?,25-,27+,33?/m0/s1. The molecule has 2 aromatic rings. The number of carbonyl (C=O) groups excluding carboxylic acids is 1. The third kappa shape index (κ3) is 9.45. The number of hydrogen-bond donors (Lipinski definition) is 3. The summed E-state index contributed by atoms with van der Waals surface area (Å²) in [5.41, 5.74) is -1.28. The molecule has 0 aliphatic carbocycles. The van der Waals surface area contributed by atoms with Gasteiger partial charge in [-0.3, -0.25) is 14.2 Å². The van der Waals surface area contributed by atoms with Gasteiger partial charge in [0.2, 0.25) is 5.91 Å². The number of amides is 1. The number of nitrogens with zero attached hydrogens (tertiary/aromatic N) is 4. The second kappa shape index (κ2) is 18.0. The van der Waals surface area contributed by atoms with Crippen LogP contribution in [0.1, 0.15) is 129 Å². The topological polar surface area (TPSA) is 139 Å². The van der Waals surface area contributed by atoms with Gasteiger partial charge in [-0.1, -0.05) is 103 Å². The Balaban J connectivity index is 1.69. The third-order valence-electron chi connectivity index (χ3n) is 8.77. The molecule has 3 heterocycles. The molecule has 0 aromatic carbocycles. The molecule has 2 aromatic heterocycles. The molecule has 4 atom stereocenters. The van der Waals surface area contributed by atoms with Gasteiger partial charge in [-0.25, -0.2) is 4.98 Å². The highest BCUT2D eigenvalue weighted by Gasteiger charge is 2.53. The smallest absolute Gasteiger partial charge is 0.312 e. The average Bonchev–Trinajstić information content (AvgIpc) is 3.60. The number of aromatic nitrogens is 4. The number of fused-ring (bicyclic) bond motifs is 1. The highest BCUT2D eigenvalue weighted by molar-refractivity contribution is 5.96. The van der Waals surface area contributed by atoms with E-state index >= 15 is 0 Å². The van der Waals surface area contributed by atoms with Gasteiger partial charge in [0.15, 0.2) is 22.6 Å². The van der Waals surface area contributed by atoms with Crippen molar-refractivity contribution < 1.29 is 28.9 Å². The van der Waals surface area contributed by atoms with Crippen LogP contribution in [0.4, 0.5) is 10.2 Å². The van der Waals surface area contributed by atoms with Gasteiger partial charge in [0.25, 0.3) is 0 Å². The zero-order valence-electron chi connectivity index (χ0n) is 26.4. The Morgan fingerprint density at radius 3 is 2.27 bits per heavy atom. The largest absolute Gasteiger partial charge is 0.481 e. The van der Waals surface area contributed by atoms with Gasteiger partial charge >= 0.3 is 12.0 Å². The van der Waals surface area contributed by atoms with E-state index in [1.165, 1.54) is 49.4 Å². The van der Waals surface area contributed by atoms with E-state index in [-0.39, 0.29) is 35.7 Å². The van der Waals surface area contributed by atoms with Gasteiger partial charge in [-0.05, 0) is 12.8 Å². The molecule has 1 aliphatic heterocycles. The molecular weight excluding hydrogens is 565 g/mol. The van der Waals surface area contributed by atoms with Crippen molar-refractivity contribution in [2.75, 3.05) is 11.9 Å². The van der Waals surface area contributed by atoms with Crippen LogP contribution in [0.2, 0.25) is 0 Å². The summed E-state index contributed by atoms with van der Waals surface area (Å²) in [5.74, 6) is -0.318. The number of ether oxygens (including phenoxy) is 1. The minimum Gasteiger partial charge on any atom is -0.481 e. The molecular formula is C33H50FN5O5. The van der Waals surface area contributed by atoms with Gasteiger partial charge in [-0.15, -0.1) is 6.42 Å². The first-order valence-electron chi connectivity index (χ1n) is 16.5. The fraction of sp³-hybridized carbons (Fsp3) is 0.727. The van der Waals surface area contributed by atoms with Crippen LogP contribution in [-0.2, 0) is 14.3 Å². The molecule has 2 unspecified atom stereocenters. The predicted octanol–water partition coefficient (Wildman–Crippen LogP) is 6.79. The Bertz CT molecular complexity index is 1250. The normalized spacial score (nSPS) is 20.5. The van der Waals surface area contributed by atoms with E-state index in [2.05, 4.69) is 40.0 Å². The van der Waals surface area contributed by atoms with Crippen molar-refractivity contribution in [1.82, 2.24) is 19.5 Å². The molecule has 3 rings (SSSR count). The van der Waals surface area contributed by atoms with Crippen LogP contribution in [0.5, 0.6) is 0 Å². The summed E-state index contributed by atoms with van der Waals surface area (Å²) < 4.78 is 22.2. The molecule has 11 heteroatoms. The third-order valence-corrected chi connectivity index (χ3v) is 8.77. The second-order valence-electron chi connectivity index (χ2n) is 12.0. The average molecular weight is 616 g/mol. The first kappa shape index (κ1) is 35.4. The van der Waals surface area contributed by atoms with Crippen molar-refractivity contribution in [3.8, 4) is 12.3 Å². The first-order valence-corrected chi connectivity index (χ1v) is 16.5. The Morgan fingerprint density at radius 1 is 1.07 bits per heavy atom. The van der Waals surface area contributed by atoms with Crippen molar-refractivity contribution in [2.45, 2.75) is 135 Å². The van der Waals surface area contributed by atoms with Crippen LogP contribution in [0.25, 0.3) is 11.2 Å². The number of hydrogen-bond acceptors (Lipinski definition) is 7. The fourth-order valence-electron chi connectivity index (χ4n) is 6.23. The number of halogens is 1. The summed E-state index contributed by atoms with van der Waals surface area (Å²) in [6, 6.07) is 0. The number of unbranched alkanes of at least 4 members (excludes halogenated alkanes) is 12. The molecule has 244 valence electrons. The van der Waals surface area contributed by atoms with Gasteiger partial charge in [0.1, 0.15) is 6.23 Å². The lowest BCUT2D eigenvalue weighted by Crippen LogP contribution is -2.43. The van der Waals surface area contributed by atoms with Gasteiger partial charge in [-0.2, -0.15) is 14.4 Å². The van der Waals surface area contributed by atoms with E-state index in [4.69, 9.17) is 11.2 Å². The van der Waals surface area contributed by atoms with Gasteiger partial charge in [0, 0.05) is 18.8 Å². The molecule has 3 N–H and O–H groups in total. The number of anilines is 1. The summed E-state index contributed by atoms with van der Waals surface area (Å²) in [6.07, 6.45) is 21.3. The summed E-state index contributed by atoms with van der Waals surface area (Å²) in [5, 5.41) is 23.2. The van der Waals surface area contributed by atoms with E-state index in [1.807, 2.05) is 0 Å². The van der Waals surface area contributed by atoms with E-state index < -0.39 is 42.3 Å². The number of aliphatic hydroxyl groups excluding tert-OH is 1. The number of carbonyl (C=O) groups is 2. The van der Waals surface area contributed by atoms with Crippen LogP contribution in [0.15, 0.2) is 6.33 Å². The van der Waals surface area contributed by atoms with Crippen LogP contribution < -0.4 is 5.32 Å². The highest BCUT2D eigenvalue weighted by Crippen LogP contribution is 2.47. The van der Waals surface area contributed by atoms with Crippen LogP contribution in [0.3, 0.4) is 0 Å². The number of imidazole rings is 1. The van der Waals surface area contributed by atoms with Crippen molar-refractivity contribution in [2.24, 2.45) is 11.8 Å². The summed E-state index contributed by atoms with van der Waals surface area (Å²) >= 11 is 0. The Labute approximate surface area is 260 Å². The highest BCUT2D eigenvalue weighted by atomic mass is 19.1. The van der Waals surface area contributed by atoms with Crippen molar-refractivity contribution in [3.63, 3.8) is 0 Å². The predicted molar refractivity (Wildman–Crippen MR) is 167 cm³/mol. The molecule has 0 spiro atoms. The quantitative estimate of drug-likeness (QED) is 0.0793. The van der Waals surface area contributed by atoms with Crippen molar-refractivity contribution >= 4 is 28.9 Å². The van der Waals surface area contributed by atoms with Crippen molar-refractivity contribution in [1.29, 1.82) is 0 Å². The molecule has 10 nitrogen and oxygen atoms in total. The SMILES string of the molecule is C#CC1(CO)O[C@@H](n2cnc3c(NC(=O)CCCCCC)nc(F)nc32)C[C@H]1C(CCCCCCCCCCCC)C(=O)O. The molecule has 1 saturated heterocycles.